The smallest absolute Gasteiger partial charge is 0.255 e. The lowest BCUT2D eigenvalue weighted by Gasteiger charge is -2.54. The molecule has 0 bridgehead atoms. The number of fused-ring (bicyclic) bond motifs is 1. The number of hydrogen-bond acceptors (Lipinski definition) is 4. The summed E-state index contributed by atoms with van der Waals surface area (Å²) in [6, 6.07) is 7.70. The molecule has 3 atom stereocenters. The molecular formula is C19H23N3O3. The van der Waals surface area contributed by atoms with Crippen LogP contribution in [0, 0.1) is 11.3 Å². The molecule has 0 radical (unpaired) electrons. The minimum absolute atomic E-state index is 0.0408. The SMILES string of the molecule is COc1ccc(-c2[nH]ncc2C(=O)N[C@@H]2[C@H]3CCO[C@H]3C2(C)C)cc1. The molecule has 2 heterocycles. The third kappa shape index (κ3) is 2.52. The molecule has 0 unspecified atom stereocenters. The van der Waals surface area contributed by atoms with Gasteiger partial charge in [0.1, 0.15) is 5.75 Å². The zero-order chi connectivity index (χ0) is 17.6. The summed E-state index contributed by atoms with van der Waals surface area (Å²) in [5.41, 5.74) is 2.14. The van der Waals surface area contributed by atoms with Crippen molar-refractivity contribution in [2.75, 3.05) is 13.7 Å². The van der Waals surface area contributed by atoms with E-state index in [9.17, 15) is 4.79 Å². The number of amides is 1. The monoisotopic (exact) mass is 341 g/mol. The lowest BCUT2D eigenvalue weighted by molar-refractivity contribution is -0.108. The fraction of sp³-hybridized carbons (Fsp3) is 0.474. The maximum Gasteiger partial charge on any atom is 0.255 e. The summed E-state index contributed by atoms with van der Waals surface area (Å²) in [4.78, 5) is 12.9. The summed E-state index contributed by atoms with van der Waals surface area (Å²) in [7, 11) is 1.63. The number of nitrogens with zero attached hydrogens (tertiary/aromatic N) is 1. The van der Waals surface area contributed by atoms with Crippen molar-refractivity contribution in [3.8, 4) is 17.0 Å². The second-order valence-corrected chi connectivity index (χ2v) is 7.40. The van der Waals surface area contributed by atoms with Gasteiger partial charge in [-0.15, -0.1) is 0 Å². The second kappa shape index (κ2) is 5.88. The maximum atomic E-state index is 12.9. The van der Waals surface area contributed by atoms with Crippen LogP contribution in [0.3, 0.4) is 0 Å². The molecule has 1 amide bonds. The molecular weight excluding hydrogens is 318 g/mol. The van der Waals surface area contributed by atoms with E-state index in [1.807, 2.05) is 24.3 Å². The summed E-state index contributed by atoms with van der Waals surface area (Å²) in [5, 5.41) is 10.2. The highest BCUT2D eigenvalue weighted by molar-refractivity contribution is 6.00. The topological polar surface area (TPSA) is 76.2 Å². The van der Waals surface area contributed by atoms with Crippen LogP contribution in [0.4, 0.5) is 0 Å². The van der Waals surface area contributed by atoms with Crippen molar-refractivity contribution in [2.24, 2.45) is 11.3 Å². The molecule has 2 aliphatic rings. The number of methoxy groups -OCH3 is 1. The highest BCUT2D eigenvalue weighted by Gasteiger charge is 2.59. The van der Waals surface area contributed by atoms with E-state index in [0.29, 0.717) is 11.5 Å². The van der Waals surface area contributed by atoms with Crippen LogP contribution in [0.2, 0.25) is 0 Å². The minimum Gasteiger partial charge on any atom is -0.497 e. The second-order valence-electron chi connectivity index (χ2n) is 7.40. The Kier molecular flexibility index (Phi) is 3.80. The van der Waals surface area contributed by atoms with E-state index in [1.165, 1.54) is 0 Å². The van der Waals surface area contributed by atoms with Crippen LogP contribution in [0.15, 0.2) is 30.5 Å². The minimum atomic E-state index is -0.0945. The molecule has 1 aromatic heterocycles. The molecule has 1 aliphatic heterocycles. The summed E-state index contributed by atoms with van der Waals surface area (Å²) >= 11 is 0. The number of nitrogens with one attached hydrogen (secondary N) is 2. The first kappa shape index (κ1) is 16.1. The number of ether oxygens (including phenoxy) is 2. The number of aromatic amines is 1. The average Bonchev–Trinajstić information content (AvgIpc) is 3.28. The summed E-state index contributed by atoms with van der Waals surface area (Å²) in [5.74, 6) is 1.09. The fourth-order valence-electron chi connectivity index (χ4n) is 4.27. The Morgan fingerprint density at radius 1 is 1.36 bits per heavy atom. The van der Waals surface area contributed by atoms with Gasteiger partial charge in [-0.25, -0.2) is 0 Å². The van der Waals surface area contributed by atoms with Gasteiger partial charge in [0.05, 0.1) is 30.7 Å². The van der Waals surface area contributed by atoms with E-state index in [0.717, 1.165) is 30.0 Å². The van der Waals surface area contributed by atoms with Crippen LogP contribution < -0.4 is 10.1 Å². The molecule has 132 valence electrons. The van der Waals surface area contributed by atoms with Gasteiger partial charge in [-0.3, -0.25) is 9.89 Å². The van der Waals surface area contributed by atoms with Gasteiger partial charge >= 0.3 is 0 Å². The lowest BCUT2D eigenvalue weighted by Crippen LogP contribution is -2.66. The van der Waals surface area contributed by atoms with E-state index in [-0.39, 0.29) is 23.5 Å². The van der Waals surface area contributed by atoms with Crippen LogP contribution >= 0.6 is 0 Å². The van der Waals surface area contributed by atoms with Crippen LogP contribution in [0.1, 0.15) is 30.6 Å². The van der Waals surface area contributed by atoms with Crippen molar-refractivity contribution in [3.63, 3.8) is 0 Å². The normalized spacial score (nSPS) is 26.6. The molecule has 6 nitrogen and oxygen atoms in total. The van der Waals surface area contributed by atoms with Gasteiger partial charge in [-0.2, -0.15) is 5.10 Å². The zero-order valence-corrected chi connectivity index (χ0v) is 14.7. The number of rotatable bonds is 4. The van der Waals surface area contributed by atoms with Crippen molar-refractivity contribution in [3.05, 3.63) is 36.0 Å². The number of benzene rings is 1. The van der Waals surface area contributed by atoms with E-state index >= 15 is 0 Å². The lowest BCUT2D eigenvalue weighted by atomic mass is 9.57. The molecule has 1 saturated heterocycles. The van der Waals surface area contributed by atoms with Crippen molar-refractivity contribution < 1.29 is 14.3 Å². The molecule has 1 aromatic carbocycles. The first-order valence-electron chi connectivity index (χ1n) is 8.62. The molecule has 0 spiro atoms. The van der Waals surface area contributed by atoms with E-state index in [1.54, 1.807) is 13.3 Å². The quantitative estimate of drug-likeness (QED) is 0.896. The van der Waals surface area contributed by atoms with Crippen LogP contribution in [0.5, 0.6) is 5.75 Å². The summed E-state index contributed by atoms with van der Waals surface area (Å²) in [6.45, 7) is 5.10. The van der Waals surface area contributed by atoms with Crippen molar-refractivity contribution in [1.29, 1.82) is 0 Å². The summed E-state index contributed by atoms with van der Waals surface area (Å²) in [6.07, 6.45) is 2.85. The molecule has 2 fully saturated rings. The molecule has 25 heavy (non-hydrogen) atoms. The van der Waals surface area contributed by atoms with Crippen LogP contribution in [0.25, 0.3) is 11.3 Å². The standard InChI is InChI=1S/C19H23N3O3/c1-19(2)16(13-8-9-25-17(13)19)21-18(23)14-10-20-22-15(14)11-4-6-12(24-3)7-5-11/h4-7,10,13,16-17H,8-9H2,1-3H3,(H,20,22)(H,21,23)/t13-,16-,17-/m1/s1. The molecule has 1 saturated carbocycles. The zero-order valence-electron chi connectivity index (χ0n) is 14.7. The molecule has 1 aliphatic carbocycles. The largest absolute Gasteiger partial charge is 0.497 e. The predicted molar refractivity (Wildman–Crippen MR) is 93.5 cm³/mol. The van der Waals surface area contributed by atoms with Crippen molar-refractivity contribution in [2.45, 2.75) is 32.4 Å². The average molecular weight is 341 g/mol. The van der Waals surface area contributed by atoms with Crippen molar-refractivity contribution in [1.82, 2.24) is 15.5 Å². The predicted octanol–water partition coefficient (Wildman–Crippen LogP) is 2.63. The van der Waals surface area contributed by atoms with Crippen LogP contribution in [-0.4, -0.2) is 42.0 Å². The Bertz CT molecular complexity index is 781. The third-order valence-electron chi connectivity index (χ3n) is 5.65. The molecule has 2 N–H and O–H groups in total. The number of hydrogen-bond donors (Lipinski definition) is 2. The number of aromatic nitrogens is 2. The Balaban J connectivity index is 1.54. The number of carbonyl (C=O) groups excluding carboxylic acids is 1. The van der Waals surface area contributed by atoms with E-state index in [2.05, 4.69) is 29.4 Å². The molecule has 2 aromatic rings. The number of H-pyrrole nitrogens is 1. The van der Waals surface area contributed by atoms with Crippen LogP contribution in [-0.2, 0) is 4.74 Å². The molecule has 6 heteroatoms. The van der Waals surface area contributed by atoms with E-state index < -0.39 is 0 Å². The highest BCUT2D eigenvalue weighted by Crippen LogP contribution is 2.52. The Hall–Kier alpha value is -2.34. The first-order valence-corrected chi connectivity index (χ1v) is 8.62. The van der Waals surface area contributed by atoms with Gasteiger partial charge in [-0.1, -0.05) is 13.8 Å². The number of carbonyl (C=O) groups is 1. The molecule has 4 rings (SSSR count). The highest BCUT2D eigenvalue weighted by atomic mass is 16.5. The maximum absolute atomic E-state index is 12.9. The fourth-order valence-corrected chi connectivity index (χ4v) is 4.27. The Morgan fingerprint density at radius 3 is 2.84 bits per heavy atom. The van der Waals surface area contributed by atoms with Gasteiger partial charge in [-0.05, 0) is 30.7 Å². The van der Waals surface area contributed by atoms with Gasteiger partial charge < -0.3 is 14.8 Å². The van der Waals surface area contributed by atoms with Gasteiger partial charge in [0.25, 0.3) is 5.91 Å². The van der Waals surface area contributed by atoms with E-state index in [4.69, 9.17) is 9.47 Å². The van der Waals surface area contributed by atoms with Gasteiger partial charge in [0, 0.05) is 29.5 Å². The Morgan fingerprint density at radius 2 is 2.12 bits per heavy atom. The third-order valence-corrected chi connectivity index (χ3v) is 5.65. The van der Waals surface area contributed by atoms with Gasteiger partial charge in [0.15, 0.2) is 0 Å². The van der Waals surface area contributed by atoms with Crippen molar-refractivity contribution >= 4 is 5.91 Å². The Labute approximate surface area is 146 Å². The summed E-state index contributed by atoms with van der Waals surface area (Å²) < 4.78 is 11.0. The first-order chi connectivity index (χ1) is 12.0. The van der Waals surface area contributed by atoms with Gasteiger partial charge in [0.2, 0.25) is 0 Å².